The maximum Gasteiger partial charge on any atom is 0.228 e. The van der Waals surface area contributed by atoms with Crippen LogP contribution in [0.3, 0.4) is 0 Å². The Labute approximate surface area is 174 Å². The van der Waals surface area contributed by atoms with Crippen molar-refractivity contribution < 1.29 is 13.9 Å². The van der Waals surface area contributed by atoms with Gasteiger partial charge in [0.2, 0.25) is 5.91 Å². The minimum atomic E-state index is -0.298. The van der Waals surface area contributed by atoms with E-state index in [1.807, 2.05) is 36.9 Å². The van der Waals surface area contributed by atoms with E-state index in [1.165, 1.54) is 17.7 Å². The van der Waals surface area contributed by atoms with Crippen LogP contribution in [0.4, 0.5) is 10.1 Å². The number of hydrogen-bond donors (Lipinski definition) is 2. The van der Waals surface area contributed by atoms with Crippen LogP contribution in [0.5, 0.6) is 0 Å². The number of ether oxygens (including phenoxy) is 1. The zero-order chi connectivity index (χ0) is 20.2. The molecular formula is C23H25FN2O2S. The van der Waals surface area contributed by atoms with Crippen LogP contribution in [0.15, 0.2) is 42.5 Å². The highest BCUT2D eigenvalue weighted by atomic mass is 32.2. The summed E-state index contributed by atoms with van der Waals surface area (Å²) in [6, 6.07) is 12.6. The van der Waals surface area contributed by atoms with Crippen molar-refractivity contribution in [1.29, 1.82) is 0 Å². The summed E-state index contributed by atoms with van der Waals surface area (Å²) >= 11 is 1.95. The molecular weight excluding hydrogens is 387 g/mol. The van der Waals surface area contributed by atoms with E-state index in [-0.39, 0.29) is 18.1 Å². The lowest BCUT2D eigenvalue weighted by Crippen LogP contribution is -2.17. The number of rotatable bonds is 6. The minimum Gasteiger partial charge on any atom is -0.381 e. The van der Waals surface area contributed by atoms with Gasteiger partial charge in [-0.3, -0.25) is 4.79 Å². The minimum absolute atomic E-state index is 0.104. The summed E-state index contributed by atoms with van der Waals surface area (Å²) in [5.74, 6) is 0.523. The van der Waals surface area contributed by atoms with Crippen LogP contribution in [-0.2, 0) is 21.7 Å². The molecule has 0 unspecified atom stereocenters. The van der Waals surface area contributed by atoms with Crippen LogP contribution in [0.25, 0.3) is 10.9 Å². The van der Waals surface area contributed by atoms with Crippen molar-refractivity contribution in [2.24, 2.45) is 0 Å². The number of aromatic nitrogens is 1. The largest absolute Gasteiger partial charge is 0.381 e. The summed E-state index contributed by atoms with van der Waals surface area (Å²) in [6.45, 7) is 3.62. The molecule has 0 saturated carbocycles. The Hall–Kier alpha value is -2.31. The molecule has 2 aromatic carbocycles. The third kappa shape index (κ3) is 5.00. The number of thioether (sulfide) groups is 1. The molecule has 2 heterocycles. The van der Waals surface area contributed by atoms with Gasteiger partial charge in [-0.25, -0.2) is 4.39 Å². The fourth-order valence-corrected chi connectivity index (χ4v) is 4.88. The van der Waals surface area contributed by atoms with Crippen molar-refractivity contribution in [2.75, 3.05) is 18.5 Å². The Kier molecular flexibility index (Phi) is 6.21. The van der Waals surface area contributed by atoms with Crippen LogP contribution in [0.1, 0.15) is 29.7 Å². The number of halogens is 1. The first kappa shape index (κ1) is 20.0. The maximum atomic E-state index is 13.6. The number of fused-ring (bicyclic) bond motifs is 1. The lowest BCUT2D eigenvalue weighted by Gasteiger charge is -2.21. The molecule has 152 valence electrons. The molecule has 0 atom stereocenters. The lowest BCUT2D eigenvalue weighted by molar-refractivity contribution is -0.115. The highest BCUT2D eigenvalue weighted by Gasteiger charge is 2.15. The SMILES string of the molecule is Cc1[nH]c2ccc(F)cc2c1CC(=O)Nc1cccc(CSC2CCOCC2)c1. The van der Waals surface area contributed by atoms with E-state index in [4.69, 9.17) is 4.74 Å². The first-order valence-corrected chi connectivity index (χ1v) is 11.0. The second-order valence-corrected chi connectivity index (χ2v) is 8.76. The number of carbonyl (C=O) groups is 1. The number of aryl methyl sites for hydroxylation is 1. The number of H-pyrrole nitrogens is 1. The zero-order valence-electron chi connectivity index (χ0n) is 16.5. The number of anilines is 1. The molecule has 4 nitrogen and oxygen atoms in total. The van der Waals surface area contributed by atoms with E-state index in [9.17, 15) is 9.18 Å². The summed E-state index contributed by atoms with van der Waals surface area (Å²) in [4.78, 5) is 15.9. The van der Waals surface area contributed by atoms with E-state index in [0.717, 1.165) is 59.7 Å². The first-order chi connectivity index (χ1) is 14.1. The van der Waals surface area contributed by atoms with Crippen molar-refractivity contribution in [3.8, 4) is 0 Å². The summed E-state index contributed by atoms with van der Waals surface area (Å²) in [7, 11) is 0. The molecule has 6 heteroatoms. The fraction of sp³-hybridized carbons (Fsp3) is 0.348. The van der Waals surface area contributed by atoms with Crippen molar-refractivity contribution in [3.63, 3.8) is 0 Å². The zero-order valence-corrected chi connectivity index (χ0v) is 17.3. The molecule has 3 aromatic rings. The molecule has 0 bridgehead atoms. The van der Waals surface area contributed by atoms with Gasteiger partial charge in [0.15, 0.2) is 0 Å². The van der Waals surface area contributed by atoms with Crippen molar-refractivity contribution in [3.05, 3.63) is 65.1 Å². The van der Waals surface area contributed by atoms with Crippen LogP contribution < -0.4 is 5.32 Å². The third-order valence-electron chi connectivity index (χ3n) is 5.28. The molecule has 0 aliphatic carbocycles. The highest BCUT2D eigenvalue weighted by molar-refractivity contribution is 7.99. The van der Waals surface area contributed by atoms with Crippen molar-refractivity contribution >= 4 is 34.3 Å². The Morgan fingerprint density at radius 1 is 1.24 bits per heavy atom. The van der Waals surface area contributed by atoms with Crippen molar-refractivity contribution in [2.45, 2.75) is 37.2 Å². The second-order valence-electron chi connectivity index (χ2n) is 7.47. The first-order valence-electron chi connectivity index (χ1n) is 9.93. The van der Waals surface area contributed by atoms with E-state index in [2.05, 4.69) is 16.4 Å². The van der Waals surface area contributed by atoms with Crippen molar-refractivity contribution in [1.82, 2.24) is 4.98 Å². The average Bonchev–Trinajstić information content (AvgIpc) is 3.02. The van der Waals surface area contributed by atoms with Gasteiger partial charge in [0, 0.05) is 46.5 Å². The molecule has 29 heavy (non-hydrogen) atoms. The van der Waals surface area contributed by atoms with Gasteiger partial charge in [0.25, 0.3) is 0 Å². The molecule has 4 rings (SSSR count). The molecule has 0 spiro atoms. The lowest BCUT2D eigenvalue weighted by atomic mass is 10.1. The van der Waals surface area contributed by atoms with Crippen LogP contribution in [0, 0.1) is 12.7 Å². The number of aromatic amines is 1. The molecule has 1 saturated heterocycles. The van der Waals surface area contributed by atoms with Crippen LogP contribution >= 0.6 is 11.8 Å². The monoisotopic (exact) mass is 412 g/mol. The summed E-state index contributed by atoms with van der Waals surface area (Å²) in [5.41, 5.74) is 4.57. The molecule has 1 fully saturated rings. The van der Waals surface area contributed by atoms with Gasteiger partial charge in [0.1, 0.15) is 5.82 Å². The smallest absolute Gasteiger partial charge is 0.228 e. The molecule has 1 aromatic heterocycles. The van der Waals surface area contributed by atoms with Gasteiger partial charge in [-0.2, -0.15) is 11.8 Å². The number of amides is 1. The van der Waals surface area contributed by atoms with E-state index < -0.39 is 0 Å². The van der Waals surface area contributed by atoms with Gasteiger partial charge < -0.3 is 15.0 Å². The predicted octanol–water partition coefficient (Wildman–Crippen LogP) is 5.21. The number of carbonyl (C=O) groups excluding carboxylic acids is 1. The van der Waals surface area contributed by atoms with Gasteiger partial charge in [-0.05, 0) is 61.2 Å². The van der Waals surface area contributed by atoms with E-state index >= 15 is 0 Å². The van der Waals surface area contributed by atoms with Gasteiger partial charge in [-0.15, -0.1) is 0 Å². The van der Waals surface area contributed by atoms with E-state index in [1.54, 1.807) is 6.07 Å². The Morgan fingerprint density at radius 3 is 2.90 bits per heavy atom. The number of hydrogen-bond acceptors (Lipinski definition) is 3. The van der Waals surface area contributed by atoms with Crippen LogP contribution in [0.2, 0.25) is 0 Å². The standard InChI is InChI=1S/C23H25FN2O2S/c1-15-20(21-12-17(24)5-6-22(21)25-15)13-23(27)26-18-4-2-3-16(11-18)14-29-19-7-9-28-10-8-19/h2-6,11-12,19,25H,7-10,13-14H2,1H3,(H,26,27). The predicted molar refractivity (Wildman–Crippen MR) is 117 cm³/mol. The van der Waals surface area contributed by atoms with E-state index in [0.29, 0.717) is 5.25 Å². The molecule has 1 aliphatic heterocycles. The number of benzene rings is 2. The Morgan fingerprint density at radius 2 is 2.07 bits per heavy atom. The fourth-order valence-electron chi connectivity index (χ4n) is 3.74. The maximum absolute atomic E-state index is 13.6. The normalized spacial score (nSPS) is 15.0. The quantitative estimate of drug-likeness (QED) is 0.584. The molecule has 0 radical (unpaired) electrons. The summed E-state index contributed by atoms with van der Waals surface area (Å²) in [6.07, 6.45) is 2.41. The number of nitrogens with one attached hydrogen (secondary N) is 2. The Balaban J connectivity index is 1.40. The van der Waals surface area contributed by atoms with Gasteiger partial charge >= 0.3 is 0 Å². The second kappa shape index (κ2) is 9.01. The van der Waals surface area contributed by atoms with Gasteiger partial charge in [-0.1, -0.05) is 12.1 Å². The topological polar surface area (TPSA) is 54.1 Å². The molecule has 2 N–H and O–H groups in total. The van der Waals surface area contributed by atoms with Crippen LogP contribution in [-0.4, -0.2) is 29.4 Å². The highest BCUT2D eigenvalue weighted by Crippen LogP contribution is 2.27. The average molecular weight is 413 g/mol. The van der Waals surface area contributed by atoms with Gasteiger partial charge in [0.05, 0.1) is 6.42 Å². The molecule has 1 aliphatic rings. The Bertz CT molecular complexity index is 1010. The summed E-state index contributed by atoms with van der Waals surface area (Å²) in [5, 5.41) is 4.40. The molecule has 1 amide bonds. The third-order valence-corrected chi connectivity index (χ3v) is 6.73. The summed E-state index contributed by atoms with van der Waals surface area (Å²) < 4.78 is 19.1.